The summed E-state index contributed by atoms with van der Waals surface area (Å²) in [6, 6.07) is 0. The van der Waals surface area contributed by atoms with E-state index in [0.717, 1.165) is 13.0 Å². The van der Waals surface area contributed by atoms with Crippen molar-refractivity contribution in [1.82, 2.24) is 19.8 Å². The third kappa shape index (κ3) is 5.58. The quantitative estimate of drug-likeness (QED) is 0.597. The smallest absolute Gasteiger partial charge is 0.243 e. The van der Waals surface area contributed by atoms with Crippen LogP contribution < -0.4 is 10.0 Å². The normalized spacial score (nSPS) is 13.6. The number of nitrogens with one attached hydrogen (secondary N) is 2. The molecular weight excluding hydrogens is 280 g/mol. The van der Waals surface area contributed by atoms with Crippen molar-refractivity contribution >= 4 is 10.0 Å². The molecule has 0 aliphatic carbocycles. The number of hydrogen-bond donors (Lipinski definition) is 2. The second kappa shape index (κ2) is 8.35. The summed E-state index contributed by atoms with van der Waals surface area (Å²) in [6.07, 6.45) is 3.83. The first-order valence-corrected chi connectivity index (χ1v) is 8.13. The van der Waals surface area contributed by atoms with Crippen LogP contribution in [-0.2, 0) is 21.3 Å². The van der Waals surface area contributed by atoms with Crippen molar-refractivity contribution in [2.24, 2.45) is 5.92 Å². The number of aromatic nitrogens is 2. The lowest BCUT2D eigenvalue weighted by atomic mass is 10.2. The molecule has 1 atom stereocenters. The highest BCUT2D eigenvalue weighted by atomic mass is 32.2. The van der Waals surface area contributed by atoms with E-state index in [9.17, 15) is 8.42 Å². The van der Waals surface area contributed by atoms with E-state index in [1.807, 2.05) is 14.0 Å². The van der Waals surface area contributed by atoms with Crippen molar-refractivity contribution in [1.29, 1.82) is 0 Å². The van der Waals surface area contributed by atoms with E-state index in [1.54, 1.807) is 18.0 Å². The summed E-state index contributed by atoms with van der Waals surface area (Å²) in [5.41, 5.74) is 0. The lowest BCUT2D eigenvalue weighted by Crippen LogP contribution is -2.29. The highest BCUT2D eigenvalue weighted by molar-refractivity contribution is 7.89. The second-order valence-electron chi connectivity index (χ2n) is 4.81. The van der Waals surface area contributed by atoms with Crippen LogP contribution in [0.4, 0.5) is 0 Å². The first-order valence-electron chi connectivity index (χ1n) is 6.65. The van der Waals surface area contributed by atoms with Crippen molar-refractivity contribution in [3.8, 4) is 0 Å². The third-order valence-corrected chi connectivity index (χ3v) is 4.18. The second-order valence-corrected chi connectivity index (χ2v) is 6.58. The highest BCUT2D eigenvalue weighted by Gasteiger charge is 2.17. The van der Waals surface area contributed by atoms with Crippen LogP contribution in [-0.4, -0.2) is 52.1 Å². The van der Waals surface area contributed by atoms with Crippen LogP contribution in [0, 0.1) is 5.92 Å². The van der Waals surface area contributed by atoms with Crippen molar-refractivity contribution in [3.63, 3.8) is 0 Å². The van der Waals surface area contributed by atoms with E-state index in [-0.39, 0.29) is 10.8 Å². The number of sulfonamides is 1. The molecule has 0 aliphatic rings. The monoisotopic (exact) mass is 304 g/mol. The largest absolute Gasteiger partial charge is 0.384 e. The van der Waals surface area contributed by atoms with Crippen LogP contribution in [0.1, 0.15) is 13.3 Å². The predicted molar refractivity (Wildman–Crippen MR) is 77.0 cm³/mol. The van der Waals surface area contributed by atoms with Gasteiger partial charge >= 0.3 is 0 Å². The molecule has 1 rings (SSSR count). The van der Waals surface area contributed by atoms with Crippen LogP contribution in [0.3, 0.4) is 0 Å². The molecule has 20 heavy (non-hydrogen) atoms. The minimum absolute atomic E-state index is 0.125. The van der Waals surface area contributed by atoms with Crippen molar-refractivity contribution in [2.75, 3.05) is 33.9 Å². The van der Waals surface area contributed by atoms with Crippen LogP contribution in [0.2, 0.25) is 0 Å². The Morgan fingerprint density at radius 3 is 2.90 bits per heavy atom. The minimum Gasteiger partial charge on any atom is -0.384 e. The molecule has 0 saturated carbocycles. The van der Waals surface area contributed by atoms with Gasteiger partial charge in [0, 0.05) is 33.0 Å². The zero-order valence-electron chi connectivity index (χ0n) is 12.3. The van der Waals surface area contributed by atoms with Gasteiger partial charge in [-0.3, -0.25) is 4.68 Å². The molecule has 0 fully saturated rings. The number of nitrogens with zero attached hydrogens (tertiary/aromatic N) is 2. The maximum atomic E-state index is 12.1. The fraction of sp³-hybridized carbons (Fsp3) is 0.750. The summed E-state index contributed by atoms with van der Waals surface area (Å²) in [6.45, 7) is 4.35. The Hall–Kier alpha value is -0.960. The number of aryl methyl sites for hydroxylation is 1. The Morgan fingerprint density at radius 1 is 1.50 bits per heavy atom. The molecule has 0 amide bonds. The first kappa shape index (κ1) is 17.1. The summed E-state index contributed by atoms with van der Waals surface area (Å²) >= 11 is 0. The molecule has 116 valence electrons. The first-order chi connectivity index (χ1) is 9.49. The summed E-state index contributed by atoms with van der Waals surface area (Å²) in [7, 11) is -0.0115. The molecule has 0 aliphatic heterocycles. The summed E-state index contributed by atoms with van der Waals surface area (Å²) in [5, 5.41) is 7.10. The Bertz CT molecular complexity index is 487. The standard InChI is InChI=1S/C12H24N4O3S/c1-11(10-19-3)7-15-20(17,18)12-8-14-16(9-12)6-4-5-13-2/h8-9,11,13,15H,4-7,10H2,1-3H3. The van der Waals surface area contributed by atoms with Crippen molar-refractivity contribution in [2.45, 2.75) is 24.8 Å². The van der Waals surface area contributed by atoms with Crippen molar-refractivity contribution < 1.29 is 13.2 Å². The van der Waals surface area contributed by atoms with Gasteiger partial charge in [-0.05, 0) is 25.9 Å². The molecule has 7 nitrogen and oxygen atoms in total. The average molecular weight is 304 g/mol. The number of methoxy groups -OCH3 is 1. The van der Waals surface area contributed by atoms with Gasteiger partial charge in [-0.15, -0.1) is 0 Å². The van der Waals surface area contributed by atoms with Crippen LogP contribution in [0.25, 0.3) is 0 Å². The zero-order chi connectivity index (χ0) is 15.0. The van der Waals surface area contributed by atoms with Crippen LogP contribution in [0.5, 0.6) is 0 Å². The van der Waals surface area contributed by atoms with Crippen molar-refractivity contribution in [3.05, 3.63) is 12.4 Å². The molecule has 0 saturated heterocycles. The molecule has 2 N–H and O–H groups in total. The Balaban J connectivity index is 2.54. The maximum absolute atomic E-state index is 12.1. The van der Waals surface area contributed by atoms with Gasteiger partial charge in [-0.25, -0.2) is 13.1 Å². The summed E-state index contributed by atoms with van der Waals surface area (Å²) < 4.78 is 33.3. The summed E-state index contributed by atoms with van der Waals surface area (Å²) in [5.74, 6) is 0.125. The van der Waals surface area contributed by atoms with Crippen LogP contribution in [0.15, 0.2) is 17.3 Å². The topological polar surface area (TPSA) is 85.2 Å². The summed E-state index contributed by atoms with van der Waals surface area (Å²) in [4.78, 5) is 0.201. The molecule has 1 unspecified atom stereocenters. The average Bonchev–Trinajstić information content (AvgIpc) is 2.87. The SMILES string of the molecule is CNCCCn1cc(S(=O)(=O)NCC(C)COC)cn1. The number of hydrogen-bond acceptors (Lipinski definition) is 5. The molecule has 0 radical (unpaired) electrons. The molecule has 1 heterocycles. The van der Waals surface area contributed by atoms with Gasteiger partial charge < -0.3 is 10.1 Å². The number of ether oxygens (including phenoxy) is 1. The van der Waals surface area contributed by atoms with Gasteiger partial charge in [0.2, 0.25) is 10.0 Å². The van der Waals surface area contributed by atoms with E-state index < -0.39 is 10.0 Å². The van der Waals surface area contributed by atoms with Gasteiger partial charge in [-0.1, -0.05) is 6.92 Å². The Labute approximate surface area is 120 Å². The van der Waals surface area contributed by atoms with Gasteiger partial charge in [0.1, 0.15) is 4.90 Å². The Morgan fingerprint density at radius 2 is 2.25 bits per heavy atom. The van der Waals surface area contributed by atoms with E-state index in [4.69, 9.17) is 4.74 Å². The molecule has 1 aromatic heterocycles. The van der Waals surface area contributed by atoms with Gasteiger partial charge in [-0.2, -0.15) is 5.10 Å². The lowest BCUT2D eigenvalue weighted by Gasteiger charge is -2.10. The van der Waals surface area contributed by atoms with Gasteiger partial charge in [0.25, 0.3) is 0 Å². The zero-order valence-corrected chi connectivity index (χ0v) is 13.1. The van der Waals surface area contributed by atoms with Gasteiger partial charge in [0.15, 0.2) is 0 Å². The fourth-order valence-corrected chi connectivity index (χ4v) is 2.82. The number of rotatable bonds is 10. The fourth-order valence-electron chi connectivity index (χ4n) is 1.70. The third-order valence-electron chi connectivity index (χ3n) is 2.81. The molecule has 0 bridgehead atoms. The molecule has 0 spiro atoms. The van der Waals surface area contributed by atoms with Gasteiger partial charge in [0.05, 0.1) is 6.20 Å². The molecule has 1 aromatic rings. The van der Waals surface area contributed by atoms with E-state index in [2.05, 4.69) is 15.1 Å². The highest BCUT2D eigenvalue weighted by Crippen LogP contribution is 2.08. The minimum atomic E-state index is -3.49. The van der Waals surface area contributed by atoms with Crippen LogP contribution >= 0.6 is 0 Å². The van der Waals surface area contributed by atoms with E-state index in [0.29, 0.717) is 19.7 Å². The molecular formula is C12H24N4O3S. The van der Waals surface area contributed by atoms with E-state index >= 15 is 0 Å². The molecule has 8 heteroatoms. The maximum Gasteiger partial charge on any atom is 0.243 e. The predicted octanol–water partition coefficient (Wildman–Crippen LogP) is 0.0534. The lowest BCUT2D eigenvalue weighted by molar-refractivity contribution is 0.161. The Kier molecular flexibility index (Phi) is 7.14. The van der Waals surface area contributed by atoms with E-state index in [1.165, 1.54) is 6.20 Å². The molecule has 0 aromatic carbocycles.